The van der Waals surface area contributed by atoms with Gasteiger partial charge in [0.05, 0.1) is 41.7 Å². The molecule has 1 aliphatic rings. The topological polar surface area (TPSA) is 170 Å². The lowest BCUT2D eigenvalue weighted by Gasteiger charge is -2.46. The van der Waals surface area contributed by atoms with E-state index in [2.05, 4.69) is 35.6 Å². The molecule has 274 valence electrons. The Bertz CT molecular complexity index is 1920. The zero-order chi connectivity index (χ0) is 37.3. The van der Waals surface area contributed by atoms with Crippen molar-refractivity contribution in [2.75, 3.05) is 23.3 Å². The lowest BCUT2D eigenvalue weighted by Crippen LogP contribution is -2.67. The summed E-state index contributed by atoms with van der Waals surface area (Å²) in [6.07, 6.45) is -2.47. The standard InChI is InChI=1S/C33H39ClF3N9O5/c1-31(2,3)50-29(48)43-27-23-28(40-16-39-27)46(17-41-23)14-18-12-21(20-9-8-19(35)25(34)42-20)38-13-22(18)45-11-7-10-33(15-45,24(47)26(36)37)44-30(49)51-32(4,5)6/h8-9,12-13,16-17,24,26,47H,7,10-11,14-15H2,1-6H3,(H,44,49)(H,39,40,43,48). The number of hydrogen-bond donors (Lipinski definition) is 3. The molecule has 0 bridgehead atoms. The molecule has 4 aromatic heterocycles. The fourth-order valence-electron chi connectivity index (χ4n) is 5.73. The summed E-state index contributed by atoms with van der Waals surface area (Å²) in [4.78, 5) is 48.7. The Morgan fingerprint density at radius 2 is 1.75 bits per heavy atom. The molecule has 0 radical (unpaired) electrons. The average Bonchev–Trinajstić information content (AvgIpc) is 3.43. The van der Waals surface area contributed by atoms with E-state index >= 15 is 0 Å². The number of aliphatic hydroxyl groups excluding tert-OH is 1. The number of anilines is 2. The van der Waals surface area contributed by atoms with Crippen molar-refractivity contribution in [2.24, 2.45) is 0 Å². The summed E-state index contributed by atoms with van der Waals surface area (Å²) in [6.45, 7) is 10.3. The Morgan fingerprint density at radius 3 is 2.41 bits per heavy atom. The highest BCUT2D eigenvalue weighted by Gasteiger charge is 2.48. The Morgan fingerprint density at radius 1 is 1.04 bits per heavy atom. The number of ether oxygens (including phenoxy) is 2. The molecule has 51 heavy (non-hydrogen) atoms. The van der Waals surface area contributed by atoms with Gasteiger partial charge >= 0.3 is 12.2 Å². The number of carbonyl (C=O) groups is 2. The Kier molecular flexibility index (Phi) is 10.6. The fraction of sp³-hybridized carbons (Fsp3) is 0.485. The predicted octanol–water partition coefficient (Wildman–Crippen LogP) is 5.96. The van der Waals surface area contributed by atoms with Crippen LogP contribution >= 0.6 is 11.6 Å². The Balaban J connectivity index is 1.55. The van der Waals surface area contributed by atoms with Crippen LogP contribution in [0.5, 0.6) is 0 Å². The third-order valence-electron chi connectivity index (χ3n) is 7.81. The quantitative estimate of drug-likeness (QED) is 0.183. The number of carbonyl (C=O) groups excluding carboxylic acids is 2. The van der Waals surface area contributed by atoms with Crippen LogP contribution in [0, 0.1) is 5.82 Å². The van der Waals surface area contributed by atoms with Crippen molar-refractivity contribution in [1.82, 2.24) is 34.8 Å². The van der Waals surface area contributed by atoms with Crippen LogP contribution < -0.4 is 15.5 Å². The van der Waals surface area contributed by atoms with E-state index < -0.39 is 47.3 Å². The number of imidazole rings is 1. The summed E-state index contributed by atoms with van der Waals surface area (Å²) in [5, 5.41) is 15.6. The minimum atomic E-state index is -3.17. The summed E-state index contributed by atoms with van der Waals surface area (Å²) in [7, 11) is 0. The van der Waals surface area contributed by atoms with Gasteiger partial charge in [0.25, 0.3) is 6.43 Å². The average molecular weight is 734 g/mol. The predicted molar refractivity (Wildman–Crippen MR) is 182 cm³/mol. The molecular weight excluding hydrogens is 695 g/mol. The van der Waals surface area contributed by atoms with E-state index in [1.54, 1.807) is 57.1 Å². The van der Waals surface area contributed by atoms with E-state index in [-0.39, 0.29) is 41.7 Å². The second-order valence-corrected chi connectivity index (χ2v) is 14.5. The van der Waals surface area contributed by atoms with Crippen LogP contribution in [0.25, 0.3) is 22.6 Å². The van der Waals surface area contributed by atoms with Crippen molar-refractivity contribution in [1.29, 1.82) is 0 Å². The van der Waals surface area contributed by atoms with Gasteiger partial charge in [-0.1, -0.05) is 11.6 Å². The van der Waals surface area contributed by atoms with Gasteiger partial charge in [0.15, 0.2) is 28.0 Å². The minimum absolute atomic E-state index is 0.0452. The van der Waals surface area contributed by atoms with E-state index in [9.17, 15) is 27.9 Å². The third-order valence-corrected chi connectivity index (χ3v) is 8.08. The molecule has 0 aromatic carbocycles. The number of amides is 2. The molecule has 5 heterocycles. The normalized spacial score (nSPS) is 17.4. The molecule has 3 N–H and O–H groups in total. The number of halogens is 4. The SMILES string of the molecule is CC(C)(C)OC(=O)Nc1ncnc2c1ncn2Cc1cc(-c2ccc(F)c(Cl)n2)ncc1N1CCCC(NC(=O)OC(C)(C)C)(C(O)C(F)F)C1. The zero-order valence-electron chi connectivity index (χ0n) is 28.9. The number of nitrogens with zero attached hydrogens (tertiary/aromatic N) is 7. The van der Waals surface area contributed by atoms with Crippen molar-refractivity contribution in [3.05, 3.63) is 53.6 Å². The molecule has 1 fully saturated rings. The van der Waals surface area contributed by atoms with Gasteiger partial charge in [0, 0.05) is 13.1 Å². The smallest absolute Gasteiger partial charge is 0.413 e. The fourth-order valence-corrected chi connectivity index (χ4v) is 5.88. The van der Waals surface area contributed by atoms with Gasteiger partial charge < -0.3 is 29.4 Å². The maximum Gasteiger partial charge on any atom is 0.413 e. The number of aliphatic hydroxyl groups is 1. The van der Waals surface area contributed by atoms with Crippen LogP contribution in [0.1, 0.15) is 59.9 Å². The van der Waals surface area contributed by atoms with Crippen molar-refractivity contribution in [3.8, 4) is 11.4 Å². The molecule has 2 atom stereocenters. The number of hydrogen-bond acceptors (Lipinski definition) is 11. The molecule has 4 aromatic rings. The molecule has 0 aliphatic carbocycles. The van der Waals surface area contributed by atoms with Gasteiger partial charge in [0.1, 0.15) is 23.6 Å². The summed E-state index contributed by atoms with van der Waals surface area (Å²) in [6, 6.07) is 4.25. The number of alkyl halides is 2. The monoisotopic (exact) mass is 733 g/mol. The molecule has 0 saturated carbocycles. The summed E-state index contributed by atoms with van der Waals surface area (Å²) < 4.78 is 54.7. The van der Waals surface area contributed by atoms with E-state index in [0.717, 1.165) is 6.07 Å². The maximum atomic E-state index is 14.2. The highest BCUT2D eigenvalue weighted by Crippen LogP contribution is 2.35. The number of pyridine rings is 2. The molecular formula is C33H39ClF3N9O5. The molecule has 0 spiro atoms. The first-order chi connectivity index (χ1) is 23.8. The first kappa shape index (κ1) is 37.5. The third kappa shape index (κ3) is 8.94. The van der Waals surface area contributed by atoms with Gasteiger partial charge in [0.2, 0.25) is 0 Å². The first-order valence-electron chi connectivity index (χ1n) is 16.0. The van der Waals surface area contributed by atoms with Gasteiger partial charge in [-0.2, -0.15) is 0 Å². The van der Waals surface area contributed by atoms with Crippen molar-refractivity contribution in [2.45, 2.75) is 90.2 Å². The van der Waals surface area contributed by atoms with E-state index in [1.165, 1.54) is 24.9 Å². The van der Waals surface area contributed by atoms with Crippen LogP contribution in [0.2, 0.25) is 5.15 Å². The van der Waals surface area contributed by atoms with E-state index in [0.29, 0.717) is 35.6 Å². The lowest BCUT2D eigenvalue weighted by atomic mass is 9.83. The number of piperidine rings is 1. The first-order valence-corrected chi connectivity index (χ1v) is 16.4. The van der Waals surface area contributed by atoms with Crippen LogP contribution in [0.3, 0.4) is 0 Å². The number of fused-ring (bicyclic) bond motifs is 1. The van der Waals surface area contributed by atoms with Gasteiger partial charge in [-0.25, -0.2) is 42.7 Å². The van der Waals surface area contributed by atoms with Gasteiger partial charge in [-0.3, -0.25) is 10.3 Å². The van der Waals surface area contributed by atoms with Gasteiger partial charge in [-0.15, -0.1) is 0 Å². The zero-order valence-corrected chi connectivity index (χ0v) is 29.6. The molecule has 14 nitrogen and oxygen atoms in total. The van der Waals surface area contributed by atoms with Crippen LogP contribution in [-0.4, -0.2) is 89.1 Å². The second kappa shape index (κ2) is 14.5. The lowest BCUT2D eigenvalue weighted by molar-refractivity contribution is -0.0664. The summed E-state index contributed by atoms with van der Waals surface area (Å²) in [5.74, 6) is -0.596. The Hall–Kier alpha value is -4.77. The Labute approximate surface area is 296 Å². The minimum Gasteiger partial charge on any atom is -0.444 e. The van der Waals surface area contributed by atoms with E-state index in [1.807, 2.05) is 0 Å². The number of alkyl carbamates (subject to hydrolysis) is 1. The number of rotatable bonds is 8. The number of aromatic nitrogens is 6. The largest absolute Gasteiger partial charge is 0.444 e. The summed E-state index contributed by atoms with van der Waals surface area (Å²) in [5.41, 5.74) is -1.21. The molecule has 2 unspecified atom stereocenters. The van der Waals surface area contributed by atoms with Crippen molar-refractivity contribution < 1.29 is 37.3 Å². The molecule has 2 amide bonds. The summed E-state index contributed by atoms with van der Waals surface area (Å²) >= 11 is 5.97. The van der Waals surface area contributed by atoms with Crippen LogP contribution in [0.15, 0.2) is 37.1 Å². The molecule has 1 aliphatic heterocycles. The second-order valence-electron chi connectivity index (χ2n) is 14.1. The van der Waals surface area contributed by atoms with E-state index in [4.69, 9.17) is 21.1 Å². The van der Waals surface area contributed by atoms with Gasteiger partial charge in [-0.05, 0) is 78.1 Å². The molecule has 1 saturated heterocycles. The van der Waals surface area contributed by atoms with Crippen LogP contribution in [0.4, 0.5) is 34.3 Å². The van der Waals surface area contributed by atoms with Crippen molar-refractivity contribution >= 4 is 46.5 Å². The molecule has 18 heteroatoms. The molecule has 5 rings (SSSR count). The van der Waals surface area contributed by atoms with Crippen molar-refractivity contribution in [3.63, 3.8) is 0 Å². The maximum absolute atomic E-state index is 14.2. The highest BCUT2D eigenvalue weighted by atomic mass is 35.5. The highest BCUT2D eigenvalue weighted by molar-refractivity contribution is 6.29. The van der Waals surface area contributed by atoms with Crippen LogP contribution in [-0.2, 0) is 16.0 Å². The number of nitrogens with one attached hydrogen (secondary N) is 2.